The molecule has 0 aromatic carbocycles. The van der Waals surface area contributed by atoms with Gasteiger partial charge in [0.15, 0.2) is 17.7 Å². The predicted molar refractivity (Wildman–Crippen MR) is 241 cm³/mol. The van der Waals surface area contributed by atoms with Gasteiger partial charge < -0.3 is 51.6 Å². The highest BCUT2D eigenvalue weighted by atomic mass is 127. The summed E-state index contributed by atoms with van der Waals surface area (Å²) in [5.74, 6) is -2.51. The van der Waals surface area contributed by atoms with Gasteiger partial charge in [-0.15, -0.1) is 0 Å². The number of nitrogens with zero attached hydrogens (tertiary/aromatic N) is 4. The number of rotatable bonds is 23. The number of aliphatic hydroxyl groups excluding tert-OH is 3. The fraction of sp³-hybridized carbons (Fsp3) is 0.738. The van der Waals surface area contributed by atoms with Gasteiger partial charge in [-0.1, -0.05) is 83.9 Å². The fourth-order valence-corrected chi connectivity index (χ4v) is 9.05. The number of ether oxygens (including phenoxy) is 1. The van der Waals surface area contributed by atoms with E-state index < -0.39 is 91.3 Å². The number of halogens is 1. The first-order valence-corrected chi connectivity index (χ1v) is 23.2. The summed E-state index contributed by atoms with van der Waals surface area (Å²) >= 11 is 2.29. The lowest BCUT2D eigenvalue weighted by atomic mass is 9.85. The maximum atomic E-state index is 13.3. The molecule has 9 N–H and O–H groups in total. The quantitative estimate of drug-likeness (QED) is 0.0434. The molecule has 21 heteroatoms. The number of H-pyrrole nitrogens is 1. The molecule has 352 valence electrons. The van der Waals surface area contributed by atoms with Gasteiger partial charge >= 0.3 is 0 Å². The van der Waals surface area contributed by atoms with Gasteiger partial charge in [0.2, 0.25) is 35.4 Å². The average molecular weight is 999 g/mol. The standard InChI is InChI=1S/C42H67IN10O10/c1-9-15-42(43,11-3)25-17-29(57)53(41(25)62)16-14-27(55)48-30(22(6)7)39(61)47-23(8)38(60)44-18-28(56)49-31-26(19-54)63-40(34(59)33(31)58)52-37-32-36(45-20-46-37)51-35(50-32)24(10-2)13-12-21(4)5/h20-26,30-31,33-34,40,54,58-59H,9-19H2,1-8H3,(H,44,60)(H,47,61)(H,48,55)(H,49,56)(H2,45,46,50,51,52)/t23-,24?,25?,26-,30-,31-,33+,34-,40-,42?/m0/s1. The zero-order chi connectivity index (χ0) is 46.8. The van der Waals surface area contributed by atoms with Crippen LogP contribution in [-0.4, -0.2) is 141 Å². The second-order valence-corrected chi connectivity index (χ2v) is 19.5. The number of likely N-dealkylation sites (tertiary alicyclic amines) is 1. The van der Waals surface area contributed by atoms with Crippen molar-refractivity contribution < 1.29 is 48.8 Å². The Bertz CT molecular complexity index is 1910. The van der Waals surface area contributed by atoms with Crippen molar-refractivity contribution in [1.29, 1.82) is 0 Å². The van der Waals surface area contributed by atoms with Crippen LogP contribution in [0.2, 0.25) is 0 Å². The van der Waals surface area contributed by atoms with Crippen LogP contribution in [0.15, 0.2) is 6.33 Å². The van der Waals surface area contributed by atoms with E-state index in [4.69, 9.17) is 4.74 Å². The summed E-state index contributed by atoms with van der Waals surface area (Å²) in [5.41, 5.74) is 0.878. The minimum Gasteiger partial charge on any atom is -0.394 e. The molecular weight excluding hydrogens is 931 g/mol. The van der Waals surface area contributed by atoms with E-state index in [1.807, 2.05) is 13.8 Å². The van der Waals surface area contributed by atoms with Crippen molar-refractivity contribution in [2.75, 3.05) is 25.0 Å². The number of aromatic amines is 1. The van der Waals surface area contributed by atoms with Gasteiger partial charge in [-0.2, -0.15) is 0 Å². The Morgan fingerprint density at radius 3 is 2.33 bits per heavy atom. The SMILES string of the molecule is CCCC(I)(CC)C1CC(=O)N(CCC(=O)N[C@H](C(=O)N[C@@H](C)C(=O)NCC(=O)N[C@@H]2[C@@H](O)[C@H](O)[C@@H](Nc3ncnc4nc(C(CC)CCC(C)C)[nH]c34)O[C@H]2CO)C(C)C)C1=O. The number of carbonyl (C=O) groups is 6. The Labute approximate surface area is 382 Å². The predicted octanol–water partition coefficient (Wildman–Crippen LogP) is 1.53. The lowest BCUT2D eigenvalue weighted by molar-refractivity contribution is -0.185. The van der Waals surface area contributed by atoms with Gasteiger partial charge in [0, 0.05) is 28.7 Å². The normalized spacial score (nSPS) is 23.9. The maximum Gasteiger partial charge on any atom is 0.243 e. The summed E-state index contributed by atoms with van der Waals surface area (Å²) in [6.07, 6.45) is 0.708. The van der Waals surface area contributed by atoms with Gasteiger partial charge in [0.25, 0.3) is 0 Å². The van der Waals surface area contributed by atoms with E-state index in [0.717, 1.165) is 49.2 Å². The highest BCUT2D eigenvalue weighted by Gasteiger charge is 2.49. The van der Waals surface area contributed by atoms with Crippen molar-refractivity contribution in [3.05, 3.63) is 12.2 Å². The van der Waals surface area contributed by atoms with Gasteiger partial charge in [0.1, 0.15) is 48.1 Å². The van der Waals surface area contributed by atoms with E-state index in [2.05, 4.69) is 89.9 Å². The molecule has 63 heavy (non-hydrogen) atoms. The minimum absolute atomic E-state index is 0.0956. The molecule has 0 saturated carbocycles. The second kappa shape index (κ2) is 23.2. The average Bonchev–Trinajstić information content (AvgIpc) is 3.81. The number of imidazole rings is 1. The Morgan fingerprint density at radius 1 is 1.00 bits per heavy atom. The number of nitrogens with one attached hydrogen (secondary N) is 6. The van der Waals surface area contributed by atoms with Crippen LogP contribution in [-0.2, 0) is 33.5 Å². The molecule has 0 aliphatic carbocycles. The zero-order valence-electron chi connectivity index (χ0n) is 37.6. The molecule has 2 saturated heterocycles. The molecule has 2 fully saturated rings. The lowest BCUT2D eigenvalue weighted by Crippen LogP contribution is -2.66. The van der Waals surface area contributed by atoms with Gasteiger partial charge in [-0.05, 0) is 44.4 Å². The van der Waals surface area contributed by atoms with Crippen LogP contribution in [0.1, 0.15) is 118 Å². The Morgan fingerprint density at radius 2 is 1.71 bits per heavy atom. The minimum atomic E-state index is -1.62. The molecule has 3 unspecified atom stereocenters. The molecule has 0 spiro atoms. The fourth-order valence-electron chi connectivity index (χ4n) is 8.03. The third-order valence-corrected chi connectivity index (χ3v) is 14.0. The number of aromatic nitrogens is 4. The smallest absolute Gasteiger partial charge is 0.243 e. The van der Waals surface area contributed by atoms with E-state index in [1.54, 1.807) is 13.8 Å². The Balaban J connectivity index is 1.27. The molecular formula is C42H67IN10O10. The zero-order valence-corrected chi connectivity index (χ0v) is 39.7. The van der Waals surface area contributed by atoms with Gasteiger partial charge in [-0.3, -0.25) is 33.7 Å². The summed E-state index contributed by atoms with van der Waals surface area (Å²) < 4.78 is 5.55. The number of anilines is 1. The van der Waals surface area contributed by atoms with E-state index in [0.29, 0.717) is 17.1 Å². The summed E-state index contributed by atoms with van der Waals surface area (Å²) in [7, 11) is 0. The van der Waals surface area contributed by atoms with Crippen LogP contribution in [0.4, 0.5) is 5.82 Å². The molecule has 2 aromatic rings. The molecule has 4 heterocycles. The summed E-state index contributed by atoms with van der Waals surface area (Å²) in [6.45, 7) is 13.9. The number of alkyl halides is 1. The molecule has 2 aromatic heterocycles. The number of hydrogen-bond donors (Lipinski definition) is 9. The van der Waals surface area contributed by atoms with E-state index in [1.165, 1.54) is 13.3 Å². The van der Waals surface area contributed by atoms with Gasteiger partial charge in [-0.25, -0.2) is 15.0 Å². The maximum absolute atomic E-state index is 13.3. The van der Waals surface area contributed by atoms with Crippen molar-refractivity contribution >= 4 is 75.0 Å². The molecule has 0 radical (unpaired) electrons. The Kier molecular flexibility index (Phi) is 19.0. The summed E-state index contributed by atoms with van der Waals surface area (Å²) in [6, 6.07) is -3.49. The first kappa shape index (κ1) is 51.6. The van der Waals surface area contributed by atoms with Crippen LogP contribution in [0.5, 0.6) is 0 Å². The number of amides is 6. The van der Waals surface area contributed by atoms with Crippen molar-refractivity contribution in [3.63, 3.8) is 0 Å². The second-order valence-electron chi connectivity index (χ2n) is 17.4. The van der Waals surface area contributed by atoms with Gasteiger partial charge in [0.05, 0.1) is 25.1 Å². The monoisotopic (exact) mass is 998 g/mol. The topological polar surface area (TPSA) is 290 Å². The van der Waals surface area contributed by atoms with Crippen molar-refractivity contribution in [2.24, 2.45) is 17.8 Å². The third-order valence-electron chi connectivity index (χ3n) is 11.9. The first-order valence-electron chi connectivity index (χ1n) is 22.1. The molecule has 20 nitrogen and oxygen atoms in total. The Hall–Kier alpha value is -4.06. The number of imide groups is 1. The molecule has 0 bridgehead atoms. The number of aliphatic hydroxyl groups is 3. The van der Waals surface area contributed by atoms with Crippen LogP contribution in [0, 0.1) is 17.8 Å². The number of hydrogen-bond acceptors (Lipinski definition) is 14. The van der Waals surface area contributed by atoms with E-state index >= 15 is 0 Å². The molecule has 10 atom stereocenters. The van der Waals surface area contributed by atoms with Crippen LogP contribution in [0.3, 0.4) is 0 Å². The number of carbonyl (C=O) groups excluding carboxylic acids is 6. The summed E-state index contributed by atoms with van der Waals surface area (Å²) in [4.78, 5) is 95.9. The van der Waals surface area contributed by atoms with Crippen molar-refractivity contribution in [3.8, 4) is 0 Å². The highest BCUT2D eigenvalue weighted by Crippen LogP contribution is 2.42. The van der Waals surface area contributed by atoms with Crippen molar-refractivity contribution in [1.82, 2.24) is 46.1 Å². The van der Waals surface area contributed by atoms with Crippen LogP contribution in [0.25, 0.3) is 11.2 Å². The van der Waals surface area contributed by atoms with E-state index in [9.17, 15) is 44.1 Å². The largest absolute Gasteiger partial charge is 0.394 e. The van der Waals surface area contributed by atoms with E-state index in [-0.39, 0.29) is 46.4 Å². The lowest BCUT2D eigenvalue weighted by Gasteiger charge is -2.42. The third kappa shape index (κ3) is 13.0. The number of fused-ring (bicyclic) bond motifs is 1. The van der Waals surface area contributed by atoms with Crippen LogP contribution < -0.4 is 26.6 Å². The molecule has 4 rings (SSSR count). The summed E-state index contributed by atoms with van der Waals surface area (Å²) in [5, 5.41) is 45.5. The van der Waals surface area contributed by atoms with Crippen molar-refractivity contribution in [2.45, 2.75) is 159 Å². The first-order chi connectivity index (χ1) is 29.8. The molecule has 2 aliphatic heterocycles. The highest BCUT2D eigenvalue weighted by molar-refractivity contribution is 14.1. The molecule has 6 amide bonds. The molecule has 2 aliphatic rings. The van der Waals surface area contributed by atoms with Crippen LogP contribution >= 0.6 is 22.6 Å².